The first-order valence-electron chi connectivity index (χ1n) is 17.4. The van der Waals surface area contributed by atoms with Crippen LogP contribution in [0.1, 0.15) is 0 Å². The van der Waals surface area contributed by atoms with Crippen LogP contribution in [0.15, 0.2) is 183 Å². The number of rotatable bonds is 6. The molecule has 0 bridgehead atoms. The van der Waals surface area contributed by atoms with E-state index >= 15 is 0 Å². The fourth-order valence-electron chi connectivity index (χ4n) is 7.82. The van der Waals surface area contributed by atoms with Gasteiger partial charge in [0.05, 0.1) is 16.6 Å². The van der Waals surface area contributed by atoms with Crippen LogP contribution in [0.2, 0.25) is 0 Å². The third kappa shape index (κ3) is 4.98. The summed E-state index contributed by atoms with van der Waals surface area (Å²) < 4.78 is 2.35. The SMILES string of the molecule is S=P(c1ccccc1)(c1ccccc1)c1ccc2c(c1)nc1c3c4ccccc4ccc3c3ccc(P(=S)(c4ccncc4)c4ccncc4)cc3n21. The van der Waals surface area contributed by atoms with Crippen molar-refractivity contribution in [2.75, 3.05) is 0 Å². The summed E-state index contributed by atoms with van der Waals surface area (Å²) in [6.45, 7) is 0. The molecule has 0 saturated heterocycles. The van der Waals surface area contributed by atoms with Gasteiger partial charge in [0.15, 0.2) is 0 Å². The lowest BCUT2D eigenvalue weighted by atomic mass is 9.99. The largest absolute Gasteiger partial charge is 0.292 e. The molecule has 8 heteroatoms. The Labute approximate surface area is 316 Å². The Morgan fingerprint density at radius 2 is 0.943 bits per heavy atom. The van der Waals surface area contributed by atoms with Gasteiger partial charge >= 0.3 is 0 Å². The van der Waals surface area contributed by atoms with E-state index in [4.69, 9.17) is 28.6 Å². The summed E-state index contributed by atoms with van der Waals surface area (Å²) in [6, 6.07) is 51.1. The summed E-state index contributed by atoms with van der Waals surface area (Å²) in [5.41, 5.74) is 3.93. The Morgan fingerprint density at radius 3 is 1.58 bits per heavy atom. The van der Waals surface area contributed by atoms with Crippen molar-refractivity contribution in [2.45, 2.75) is 0 Å². The first-order valence-corrected chi connectivity index (χ1v) is 23.0. The van der Waals surface area contributed by atoms with Crippen molar-refractivity contribution in [2.24, 2.45) is 0 Å². The predicted octanol–water partition coefficient (Wildman–Crippen LogP) is 8.25. The van der Waals surface area contributed by atoms with Crippen molar-refractivity contribution in [3.63, 3.8) is 0 Å². The highest BCUT2D eigenvalue weighted by Crippen LogP contribution is 2.46. The molecule has 4 aromatic heterocycles. The fourth-order valence-corrected chi connectivity index (χ4v) is 15.2. The number of nitrogens with zero attached hydrogens (tertiary/aromatic N) is 4. The van der Waals surface area contributed by atoms with Crippen molar-refractivity contribution in [3.8, 4) is 0 Å². The summed E-state index contributed by atoms with van der Waals surface area (Å²) in [5, 5.41) is 12.5. The van der Waals surface area contributed by atoms with Crippen molar-refractivity contribution in [1.82, 2.24) is 19.4 Å². The molecular weight excluding hydrogens is 723 g/mol. The second-order valence-electron chi connectivity index (χ2n) is 13.2. The first kappa shape index (κ1) is 32.3. The molecule has 4 nitrogen and oxygen atoms in total. The lowest BCUT2D eigenvalue weighted by Crippen LogP contribution is -2.25. The van der Waals surface area contributed by atoms with Gasteiger partial charge in [-0.3, -0.25) is 14.4 Å². The van der Waals surface area contributed by atoms with Crippen molar-refractivity contribution in [1.29, 1.82) is 0 Å². The number of benzene rings is 6. The van der Waals surface area contributed by atoms with Crippen molar-refractivity contribution in [3.05, 3.63) is 183 Å². The van der Waals surface area contributed by atoms with E-state index in [1.54, 1.807) is 0 Å². The Kier molecular flexibility index (Phi) is 7.71. The van der Waals surface area contributed by atoms with Gasteiger partial charge in [0, 0.05) is 47.6 Å². The summed E-state index contributed by atoms with van der Waals surface area (Å²) in [5.74, 6) is 0. The van der Waals surface area contributed by atoms with Crippen LogP contribution in [0.3, 0.4) is 0 Å². The molecule has 0 N–H and O–H groups in total. The van der Waals surface area contributed by atoms with Crippen LogP contribution in [0.25, 0.3) is 49.1 Å². The molecule has 53 heavy (non-hydrogen) atoms. The van der Waals surface area contributed by atoms with Crippen LogP contribution in [0.5, 0.6) is 0 Å². The monoisotopic (exact) mass is 752 g/mol. The van der Waals surface area contributed by atoms with Gasteiger partial charge in [-0.25, -0.2) is 4.98 Å². The number of imidazole rings is 1. The van der Waals surface area contributed by atoms with Crippen LogP contribution < -0.4 is 31.8 Å². The maximum atomic E-state index is 6.80. The lowest BCUT2D eigenvalue weighted by molar-refractivity contribution is 1.32. The molecule has 0 radical (unpaired) electrons. The number of hydrogen-bond donors (Lipinski definition) is 0. The maximum absolute atomic E-state index is 6.80. The van der Waals surface area contributed by atoms with Crippen molar-refractivity contribution >= 4 is 117 Å². The zero-order chi connectivity index (χ0) is 35.6. The molecule has 0 fully saturated rings. The molecule has 252 valence electrons. The Hall–Kier alpha value is -5.35. The molecule has 0 aliphatic carbocycles. The minimum absolute atomic E-state index is 0.915. The predicted molar refractivity (Wildman–Crippen MR) is 233 cm³/mol. The fraction of sp³-hybridized carbons (Fsp3) is 0. The van der Waals surface area contributed by atoms with Gasteiger partial charge in [0.1, 0.15) is 5.65 Å². The Bertz CT molecular complexity index is 3030. The smallest absolute Gasteiger partial charge is 0.147 e. The average Bonchev–Trinajstić information content (AvgIpc) is 3.63. The van der Waals surface area contributed by atoms with E-state index in [9.17, 15) is 0 Å². The average molecular weight is 753 g/mol. The van der Waals surface area contributed by atoms with Gasteiger partial charge in [-0.2, -0.15) is 0 Å². The number of aromatic nitrogens is 4. The molecule has 0 unspecified atom stereocenters. The lowest BCUT2D eigenvalue weighted by Gasteiger charge is -2.24. The van der Waals surface area contributed by atoms with Crippen LogP contribution in [-0.4, -0.2) is 19.4 Å². The highest BCUT2D eigenvalue weighted by molar-refractivity contribution is 8.26. The van der Waals surface area contributed by atoms with E-state index in [1.807, 2.05) is 24.8 Å². The maximum Gasteiger partial charge on any atom is 0.147 e. The highest BCUT2D eigenvalue weighted by atomic mass is 32.4. The zero-order valence-corrected chi connectivity index (χ0v) is 31.7. The molecule has 0 saturated carbocycles. The zero-order valence-electron chi connectivity index (χ0n) is 28.3. The van der Waals surface area contributed by atoms with Gasteiger partial charge in [0.2, 0.25) is 0 Å². The van der Waals surface area contributed by atoms with E-state index in [2.05, 4.69) is 172 Å². The quantitative estimate of drug-likeness (QED) is 0.127. The van der Waals surface area contributed by atoms with Gasteiger partial charge in [-0.1, -0.05) is 139 Å². The van der Waals surface area contributed by atoms with Gasteiger partial charge in [-0.05, 0) is 90.5 Å². The van der Waals surface area contributed by atoms with E-state index in [0.29, 0.717) is 0 Å². The van der Waals surface area contributed by atoms with Gasteiger partial charge in [-0.15, -0.1) is 0 Å². The minimum atomic E-state index is -2.49. The third-order valence-corrected chi connectivity index (χ3v) is 20.2. The van der Waals surface area contributed by atoms with E-state index in [0.717, 1.165) is 70.2 Å². The highest BCUT2D eigenvalue weighted by Gasteiger charge is 2.28. The molecule has 0 atom stereocenters. The normalized spacial score (nSPS) is 12.3. The van der Waals surface area contributed by atoms with Gasteiger partial charge < -0.3 is 0 Å². The molecular formula is C45H30N4P2S2. The van der Waals surface area contributed by atoms with Gasteiger partial charge in [0.25, 0.3) is 0 Å². The molecule has 0 amide bonds. The summed E-state index contributed by atoms with van der Waals surface area (Å²) in [6.07, 6.45) is 7.35. The minimum Gasteiger partial charge on any atom is -0.292 e. The van der Waals surface area contributed by atoms with Crippen LogP contribution in [-0.2, 0) is 23.6 Å². The molecule has 0 spiro atoms. The molecule has 0 aliphatic rings. The topological polar surface area (TPSA) is 43.1 Å². The molecule has 4 heterocycles. The second-order valence-corrected chi connectivity index (χ2v) is 22.0. The third-order valence-electron chi connectivity index (χ3n) is 10.3. The Balaban J connectivity index is 1.32. The number of fused-ring (bicyclic) bond motifs is 10. The van der Waals surface area contributed by atoms with E-state index < -0.39 is 12.1 Å². The number of pyridine rings is 3. The van der Waals surface area contributed by atoms with Crippen LogP contribution in [0.4, 0.5) is 0 Å². The number of hydrogen-bond acceptors (Lipinski definition) is 5. The standard InChI is InChI=1S/C45H30N4P2S2/c52-50(32-10-3-1-4-11-32,33-12-5-2-6-13-33)36-17-20-42-41(29-36)48-45-44-38-14-8-7-9-31(38)15-18-40(44)39-19-16-37(30-43(39)49(42)45)51(53,34-21-25-46-26-22-34)35-23-27-47-28-24-35/h1-30H. The first-order chi connectivity index (χ1) is 26.0. The summed E-state index contributed by atoms with van der Waals surface area (Å²) in [4.78, 5) is 14.2. The molecule has 10 aromatic rings. The van der Waals surface area contributed by atoms with E-state index in [-0.39, 0.29) is 0 Å². The summed E-state index contributed by atoms with van der Waals surface area (Å²) in [7, 11) is 0. The Morgan fingerprint density at radius 1 is 0.415 bits per heavy atom. The van der Waals surface area contributed by atoms with E-state index in [1.165, 1.54) is 10.8 Å². The molecule has 10 rings (SSSR count). The van der Waals surface area contributed by atoms with Crippen LogP contribution in [0, 0.1) is 0 Å². The molecule has 0 aliphatic heterocycles. The summed E-state index contributed by atoms with van der Waals surface area (Å²) >= 11 is 13.6. The molecule has 6 aromatic carbocycles. The van der Waals surface area contributed by atoms with Crippen molar-refractivity contribution < 1.29 is 0 Å². The second kappa shape index (κ2) is 12.7. The van der Waals surface area contributed by atoms with Crippen LogP contribution >= 0.6 is 12.1 Å².